The lowest BCUT2D eigenvalue weighted by Gasteiger charge is -2.36. The second kappa shape index (κ2) is 8.80. The van der Waals surface area contributed by atoms with E-state index in [1.165, 1.54) is 4.31 Å². The number of nitrogens with zero attached hydrogens (tertiary/aromatic N) is 2. The minimum atomic E-state index is -3.52. The van der Waals surface area contributed by atoms with Crippen molar-refractivity contribution >= 4 is 44.8 Å². The van der Waals surface area contributed by atoms with Gasteiger partial charge in [0.15, 0.2) is 0 Å². The highest BCUT2D eigenvalue weighted by Gasteiger charge is 2.31. The van der Waals surface area contributed by atoms with Crippen LogP contribution in [0.4, 0.5) is 5.69 Å². The van der Waals surface area contributed by atoms with E-state index in [0.29, 0.717) is 41.9 Å². The van der Waals surface area contributed by atoms with Crippen molar-refractivity contribution in [1.29, 1.82) is 0 Å². The van der Waals surface area contributed by atoms with Crippen molar-refractivity contribution in [2.45, 2.75) is 17.9 Å². The Balaban J connectivity index is 1.61. The SMILES string of the molecule is CC(C(=O)Nc1cccc(Cl)c1Cl)N1CCN(S(=O)(=O)c2ccccc2)CC1. The van der Waals surface area contributed by atoms with Crippen LogP contribution in [-0.4, -0.2) is 55.8 Å². The molecule has 28 heavy (non-hydrogen) atoms. The summed E-state index contributed by atoms with van der Waals surface area (Å²) < 4.78 is 26.9. The van der Waals surface area contributed by atoms with Crippen LogP contribution in [0.3, 0.4) is 0 Å². The van der Waals surface area contributed by atoms with Gasteiger partial charge in [0.2, 0.25) is 15.9 Å². The number of hydrogen-bond donors (Lipinski definition) is 1. The molecule has 1 aliphatic heterocycles. The molecule has 2 aromatic rings. The number of anilines is 1. The smallest absolute Gasteiger partial charge is 0.243 e. The van der Waals surface area contributed by atoms with E-state index < -0.39 is 16.1 Å². The zero-order valence-electron chi connectivity index (χ0n) is 15.3. The number of amides is 1. The molecule has 1 saturated heterocycles. The number of nitrogens with one attached hydrogen (secondary N) is 1. The fourth-order valence-corrected chi connectivity index (χ4v) is 4.87. The van der Waals surface area contributed by atoms with E-state index in [1.807, 2.05) is 4.90 Å². The largest absolute Gasteiger partial charge is 0.323 e. The van der Waals surface area contributed by atoms with Crippen molar-refractivity contribution in [2.75, 3.05) is 31.5 Å². The van der Waals surface area contributed by atoms with Gasteiger partial charge in [0.25, 0.3) is 0 Å². The highest BCUT2D eigenvalue weighted by molar-refractivity contribution is 7.89. The van der Waals surface area contributed by atoms with Gasteiger partial charge in [-0.2, -0.15) is 4.31 Å². The van der Waals surface area contributed by atoms with Crippen LogP contribution in [0.15, 0.2) is 53.4 Å². The number of hydrogen-bond acceptors (Lipinski definition) is 4. The van der Waals surface area contributed by atoms with Crippen LogP contribution in [0.1, 0.15) is 6.92 Å². The minimum absolute atomic E-state index is 0.219. The molecule has 1 N–H and O–H groups in total. The van der Waals surface area contributed by atoms with E-state index in [0.717, 1.165) is 0 Å². The zero-order valence-corrected chi connectivity index (χ0v) is 17.6. The second-order valence-electron chi connectivity index (χ2n) is 6.52. The normalized spacial score (nSPS) is 17.2. The summed E-state index contributed by atoms with van der Waals surface area (Å²) in [5.41, 5.74) is 0.455. The Hall–Kier alpha value is -1.64. The van der Waals surface area contributed by atoms with Crippen LogP contribution in [-0.2, 0) is 14.8 Å². The Morgan fingerprint density at radius 2 is 1.64 bits per heavy atom. The van der Waals surface area contributed by atoms with Gasteiger partial charge in [0, 0.05) is 26.2 Å². The fraction of sp³-hybridized carbons (Fsp3) is 0.316. The lowest BCUT2D eigenvalue weighted by atomic mass is 10.2. The average Bonchev–Trinajstić information content (AvgIpc) is 2.71. The topological polar surface area (TPSA) is 69.7 Å². The molecule has 0 radical (unpaired) electrons. The number of sulfonamides is 1. The Morgan fingerprint density at radius 1 is 1.00 bits per heavy atom. The molecule has 9 heteroatoms. The molecule has 1 aliphatic rings. The molecule has 0 saturated carbocycles. The van der Waals surface area contributed by atoms with Gasteiger partial charge in [-0.15, -0.1) is 0 Å². The van der Waals surface area contributed by atoms with Gasteiger partial charge in [-0.25, -0.2) is 8.42 Å². The predicted molar refractivity (Wildman–Crippen MR) is 111 cm³/mol. The average molecular weight is 442 g/mol. The monoisotopic (exact) mass is 441 g/mol. The van der Waals surface area contributed by atoms with E-state index in [9.17, 15) is 13.2 Å². The van der Waals surface area contributed by atoms with Crippen molar-refractivity contribution in [1.82, 2.24) is 9.21 Å². The summed E-state index contributed by atoms with van der Waals surface area (Å²) in [5, 5.41) is 3.45. The zero-order chi connectivity index (χ0) is 20.3. The van der Waals surface area contributed by atoms with E-state index in [4.69, 9.17) is 23.2 Å². The highest BCUT2D eigenvalue weighted by Crippen LogP contribution is 2.29. The standard InChI is InChI=1S/C19H21Cl2N3O3S/c1-14(19(25)22-17-9-5-8-16(20)18(17)21)23-10-12-24(13-11-23)28(26,27)15-6-3-2-4-7-15/h2-9,14H,10-13H2,1H3,(H,22,25). The van der Waals surface area contributed by atoms with Crippen molar-refractivity contribution in [3.05, 3.63) is 58.6 Å². The summed E-state index contributed by atoms with van der Waals surface area (Å²) in [7, 11) is -3.52. The molecule has 1 amide bonds. The molecule has 0 aliphatic carbocycles. The molecule has 2 aromatic carbocycles. The van der Waals surface area contributed by atoms with Gasteiger partial charge in [0.05, 0.1) is 26.7 Å². The molecule has 0 spiro atoms. The maximum atomic E-state index is 12.7. The summed E-state index contributed by atoms with van der Waals surface area (Å²) in [4.78, 5) is 14.8. The van der Waals surface area contributed by atoms with Gasteiger partial charge in [-0.1, -0.05) is 47.5 Å². The highest BCUT2D eigenvalue weighted by atomic mass is 35.5. The summed E-state index contributed by atoms with van der Waals surface area (Å²) in [6.45, 7) is 3.36. The number of rotatable bonds is 5. The lowest BCUT2D eigenvalue weighted by molar-refractivity contribution is -0.121. The Bertz CT molecular complexity index is 946. The van der Waals surface area contributed by atoms with Crippen molar-refractivity contribution < 1.29 is 13.2 Å². The Kier molecular flexibility index (Phi) is 6.62. The number of halogens is 2. The van der Waals surface area contributed by atoms with Crippen LogP contribution in [0.2, 0.25) is 10.0 Å². The Morgan fingerprint density at radius 3 is 2.29 bits per heavy atom. The van der Waals surface area contributed by atoms with E-state index in [1.54, 1.807) is 55.5 Å². The maximum absolute atomic E-state index is 12.7. The quantitative estimate of drug-likeness (QED) is 0.772. The third-order valence-corrected chi connectivity index (χ3v) is 7.52. The molecule has 3 rings (SSSR count). The van der Waals surface area contributed by atoms with Gasteiger partial charge < -0.3 is 5.32 Å². The molecular weight excluding hydrogens is 421 g/mol. The summed E-state index contributed by atoms with van der Waals surface area (Å²) in [6, 6.07) is 13.0. The maximum Gasteiger partial charge on any atom is 0.243 e. The molecular formula is C19H21Cl2N3O3S. The number of carbonyl (C=O) groups excluding carboxylic acids is 1. The number of carbonyl (C=O) groups is 1. The molecule has 1 unspecified atom stereocenters. The third kappa shape index (κ3) is 4.50. The van der Waals surface area contributed by atoms with Gasteiger partial charge >= 0.3 is 0 Å². The lowest BCUT2D eigenvalue weighted by Crippen LogP contribution is -2.53. The molecule has 1 atom stereocenters. The first-order valence-corrected chi connectivity index (χ1v) is 11.0. The first-order valence-electron chi connectivity index (χ1n) is 8.85. The first-order chi connectivity index (χ1) is 13.3. The van der Waals surface area contributed by atoms with Crippen LogP contribution < -0.4 is 5.32 Å². The molecule has 6 nitrogen and oxygen atoms in total. The number of piperazine rings is 1. The van der Waals surface area contributed by atoms with E-state index in [2.05, 4.69) is 5.32 Å². The molecule has 1 fully saturated rings. The molecule has 0 aromatic heterocycles. The van der Waals surface area contributed by atoms with Crippen LogP contribution >= 0.6 is 23.2 Å². The van der Waals surface area contributed by atoms with Crippen molar-refractivity contribution in [3.8, 4) is 0 Å². The Labute approximate surface area is 175 Å². The minimum Gasteiger partial charge on any atom is -0.323 e. The van der Waals surface area contributed by atoms with Gasteiger partial charge in [0.1, 0.15) is 0 Å². The van der Waals surface area contributed by atoms with Gasteiger partial charge in [-0.05, 0) is 31.2 Å². The van der Waals surface area contributed by atoms with E-state index >= 15 is 0 Å². The van der Waals surface area contributed by atoms with Crippen LogP contribution in [0, 0.1) is 0 Å². The van der Waals surface area contributed by atoms with Crippen LogP contribution in [0.5, 0.6) is 0 Å². The second-order valence-corrected chi connectivity index (χ2v) is 9.24. The van der Waals surface area contributed by atoms with Crippen molar-refractivity contribution in [3.63, 3.8) is 0 Å². The first kappa shape index (κ1) is 21.1. The van der Waals surface area contributed by atoms with Gasteiger partial charge in [-0.3, -0.25) is 9.69 Å². The molecule has 1 heterocycles. The molecule has 0 bridgehead atoms. The fourth-order valence-electron chi connectivity index (χ4n) is 3.08. The van der Waals surface area contributed by atoms with Crippen molar-refractivity contribution in [2.24, 2.45) is 0 Å². The summed E-state index contributed by atoms with van der Waals surface area (Å²) in [5.74, 6) is -0.219. The number of benzene rings is 2. The van der Waals surface area contributed by atoms with E-state index in [-0.39, 0.29) is 10.8 Å². The molecule has 150 valence electrons. The summed E-state index contributed by atoms with van der Waals surface area (Å²) in [6.07, 6.45) is 0. The predicted octanol–water partition coefficient (Wildman–Crippen LogP) is 3.33. The third-order valence-electron chi connectivity index (χ3n) is 4.79. The summed E-state index contributed by atoms with van der Waals surface area (Å²) >= 11 is 12.1. The van der Waals surface area contributed by atoms with Crippen LogP contribution in [0.25, 0.3) is 0 Å².